The average Bonchev–Trinajstić information content (AvgIpc) is 3.03. The predicted molar refractivity (Wildman–Crippen MR) is 110 cm³/mol. The summed E-state index contributed by atoms with van der Waals surface area (Å²) in [6, 6.07) is 7.31. The molecule has 4 rings (SSSR count). The summed E-state index contributed by atoms with van der Waals surface area (Å²) in [6.45, 7) is 9.57. The summed E-state index contributed by atoms with van der Waals surface area (Å²) >= 11 is 1.59. The third-order valence-corrected chi connectivity index (χ3v) is 6.79. The molecule has 1 aromatic carbocycles. The van der Waals surface area contributed by atoms with Crippen LogP contribution in [0.2, 0.25) is 0 Å². The van der Waals surface area contributed by atoms with Gasteiger partial charge >= 0.3 is 0 Å². The summed E-state index contributed by atoms with van der Waals surface area (Å²) in [5.74, 6) is 0.959. The van der Waals surface area contributed by atoms with E-state index in [9.17, 15) is 9.59 Å². The number of benzene rings is 1. The van der Waals surface area contributed by atoms with E-state index in [1.807, 2.05) is 36.1 Å². The van der Waals surface area contributed by atoms with Gasteiger partial charge in [-0.05, 0) is 38.2 Å². The van der Waals surface area contributed by atoms with Crippen LogP contribution < -0.4 is 5.56 Å². The molecule has 1 aliphatic rings. The molecule has 2 aromatic heterocycles. The quantitative estimate of drug-likeness (QED) is 0.672. The number of hydrogen-bond donors (Lipinski definition) is 0. The highest BCUT2D eigenvalue weighted by Gasteiger charge is 2.30. The van der Waals surface area contributed by atoms with Gasteiger partial charge in [0, 0.05) is 23.2 Å². The maximum absolute atomic E-state index is 13.2. The van der Waals surface area contributed by atoms with Gasteiger partial charge in [-0.1, -0.05) is 32.0 Å². The molecule has 0 aliphatic carbocycles. The Morgan fingerprint density at radius 3 is 2.59 bits per heavy atom. The Morgan fingerprint density at radius 1 is 1.22 bits per heavy atom. The van der Waals surface area contributed by atoms with Gasteiger partial charge in [0.15, 0.2) is 0 Å². The molecule has 0 N–H and O–H groups in total. The van der Waals surface area contributed by atoms with E-state index in [1.54, 1.807) is 18.3 Å². The second-order valence-electron chi connectivity index (χ2n) is 8.00. The number of carbonyl (C=O) groups excluding carboxylic acids is 1. The molecule has 5 nitrogen and oxygen atoms in total. The van der Waals surface area contributed by atoms with Crippen LogP contribution in [-0.2, 0) is 4.79 Å². The van der Waals surface area contributed by atoms with E-state index in [0.29, 0.717) is 17.2 Å². The lowest BCUT2D eigenvalue weighted by Crippen LogP contribution is -2.46. The Hall–Kier alpha value is -2.21. The highest BCUT2D eigenvalue weighted by atomic mass is 32.1. The first kappa shape index (κ1) is 18.2. The Balaban J connectivity index is 1.79. The number of aryl methyl sites for hydroxylation is 1. The molecule has 3 heterocycles. The zero-order chi connectivity index (χ0) is 19.3. The number of piperidine rings is 1. The first-order valence-electron chi connectivity index (χ1n) is 9.56. The number of hydrogen-bond acceptors (Lipinski definition) is 4. The fourth-order valence-electron chi connectivity index (χ4n) is 4.35. The van der Waals surface area contributed by atoms with E-state index in [1.165, 1.54) is 4.68 Å². The number of thiophene rings is 1. The standard InChI is InChI=1S/C21H25N3O2S/c1-12-9-13(2)11-23(10-12)20(25)15(4)24-21(26)18-16-7-5-6-8-17(16)27-19(18)14(3)22-24/h5-8,12-13,15H,9-11H2,1-4H3. The SMILES string of the molecule is Cc1nn(C(C)C(=O)N2CC(C)CC(C)C2)c(=O)c2c1sc1ccccc12. The fraction of sp³-hybridized carbons (Fsp3) is 0.476. The van der Waals surface area contributed by atoms with Crippen LogP contribution >= 0.6 is 11.3 Å². The number of carbonyl (C=O) groups is 1. The minimum absolute atomic E-state index is 0.0127. The third kappa shape index (κ3) is 3.06. The van der Waals surface area contributed by atoms with Crippen molar-refractivity contribution in [1.29, 1.82) is 0 Å². The summed E-state index contributed by atoms with van der Waals surface area (Å²) in [7, 11) is 0. The molecular weight excluding hydrogens is 358 g/mol. The Morgan fingerprint density at radius 2 is 1.89 bits per heavy atom. The van der Waals surface area contributed by atoms with Gasteiger partial charge in [-0.25, -0.2) is 4.68 Å². The number of aromatic nitrogens is 2. The predicted octanol–water partition coefficient (Wildman–Crippen LogP) is 3.99. The molecule has 3 atom stereocenters. The molecule has 142 valence electrons. The zero-order valence-corrected chi connectivity index (χ0v) is 17.0. The number of fused-ring (bicyclic) bond motifs is 3. The second-order valence-corrected chi connectivity index (χ2v) is 9.05. The molecule has 1 saturated heterocycles. The van der Waals surface area contributed by atoms with E-state index in [4.69, 9.17) is 0 Å². The highest BCUT2D eigenvalue weighted by Crippen LogP contribution is 2.33. The van der Waals surface area contributed by atoms with Crippen molar-refractivity contribution >= 4 is 37.4 Å². The van der Waals surface area contributed by atoms with Crippen molar-refractivity contribution in [2.24, 2.45) is 11.8 Å². The van der Waals surface area contributed by atoms with Crippen LogP contribution in [0.3, 0.4) is 0 Å². The second kappa shape index (κ2) is 6.75. The minimum Gasteiger partial charge on any atom is -0.340 e. The number of amides is 1. The summed E-state index contributed by atoms with van der Waals surface area (Å²) in [5.41, 5.74) is 0.623. The Kier molecular flexibility index (Phi) is 4.54. The summed E-state index contributed by atoms with van der Waals surface area (Å²) in [5, 5.41) is 6.15. The largest absolute Gasteiger partial charge is 0.340 e. The fourth-order valence-corrected chi connectivity index (χ4v) is 5.49. The smallest absolute Gasteiger partial charge is 0.276 e. The maximum atomic E-state index is 13.2. The van der Waals surface area contributed by atoms with Gasteiger partial charge in [-0.2, -0.15) is 5.10 Å². The molecule has 1 aliphatic heterocycles. The molecule has 1 fully saturated rings. The van der Waals surface area contributed by atoms with E-state index in [0.717, 1.165) is 40.0 Å². The van der Waals surface area contributed by atoms with Gasteiger partial charge in [-0.3, -0.25) is 9.59 Å². The van der Waals surface area contributed by atoms with Crippen LogP contribution in [0.4, 0.5) is 0 Å². The molecule has 6 heteroatoms. The number of nitrogens with zero attached hydrogens (tertiary/aromatic N) is 3. The molecule has 0 saturated carbocycles. The van der Waals surface area contributed by atoms with Crippen molar-refractivity contribution in [2.45, 2.75) is 40.2 Å². The van der Waals surface area contributed by atoms with Crippen LogP contribution in [0.15, 0.2) is 29.1 Å². The van der Waals surface area contributed by atoms with Gasteiger partial charge in [0.1, 0.15) is 6.04 Å². The molecule has 27 heavy (non-hydrogen) atoms. The van der Waals surface area contributed by atoms with Crippen LogP contribution in [0.25, 0.3) is 20.2 Å². The molecule has 0 bridgehead atoms. The van der Waals surface area contributed by atoms with Crippen molar-refractivity contribution in [3.63, 3.8) is 0 Å². The highest BCUT2D eigenvalue weighted by molar-refractivity contribution is 7.26. The van der Waals surface area contributed by atoms with Crippen molar-refractivity contribution in [3.8, 4) is 0 Å². The molecule has 3 unspecified atom stereocenters. The maximum Gasteiger partial charge on any atom is 0.276 e. The lowest BCUT2D eigenvalue weighted by Gasteiger charge is -2.36. The molecule has 0 radical (unpaired) electrons. The van der Waals surface area contributed by atoms with Crippen molar-refractivity contribution in [3.05, 3.63) is 40.3 Å². The average molecular weight is 384 g/mol. The third-order valence-electron chi connectivity index (χ3n) is 5.51. The van der Waals surface area contributed by atoms with Gasteiger partial charge in [0.25, 0.3) is 5.56 Å². The lowest BCUT2D eigenvalue weighted by molar-refractivity contribution is -0.137. The van der Waals surface area contributed by atoms with E-state index < -0.39 is 6.04 Å². The topological polar surface area (TPSA) is 55.2 Å². The van der Waals surface area contributed by atoms with E-state index in [2.05, 4.69) is 18.9 Å². The normalized spacial score (nSPS) is 21.7. The first-order chi connectivity index (χ1) is 12.9. The summed E-state index contributed by atoms with van der Waals surface area (Å²) < 4.78 is 3.38. The molecule has 0 spiro atoms. The first-order valence-corrected chi connectivity index (χ1v) is 10.4. The number of rotatable bonds is 2. The van der Waals surface area contributed by atoms with Gasteiger partial charge in [0.2, 0.25) is 5.91 Å². The van der Waals surface area contributed by atoms with E-state index >= 15 is 0 Å². The minimum atomic E-state index is -0.600. The van der Waals surface area contributed by atoms with Gasteiger partial charge in [-0.15, -0.1) is 11.3 Å². The van der Waals surface area contributed by atoms with Gasteiger partial charge in [0.05, 0.1) is 15.8 Å². The van der Waals surface area contributed by atoms with Crippen molar-refractivity contribution in [1.82, 2.24) is 14.7 Å². The van der Waals surface area contributed by atoms with Crippen molar-refractivity contribution in [2.75, 3.05) is 13.1 Å². The Bertz CT molecular complexity index is 1070. The van der Waals surface area contributed by atoms with Crippen LogP contribution in [0.1, 0.15) is 38.9 Å². The van der Waals surface area contributed by atoms with Gasteiger partial charge < -0.3 is 4.90 Å². The molecular formula is C21H25N3O2S. The molecule has 3 aromatic rings. The van der Waals surface area contributed by atoms with Crippen LogP contribution in [0.5, 0.6) is 0 Å². The van der Waals surface area contributed by atoms with E-state index in [-0.39, 0.29) is 11.5 Å². The monoisotopic (exact) mass is 383 g/mol. The number of likely N-dealkylation sites (tertiary alicyclic amines) is 1. The lowest BCUT2D eigenvalue weighted by atomic mass is 9.91. The Labute approximate surface area is 162 Å². The van der Waals surface area contributed by atoms with Crippen LogP contribution in [0, 0.1) is 18.8 Å². The van der Waals surface area contributed by atoms with Crippen LogP contribution in [-0.4, -0.2) is 33.7 Å². The summed E-state index contributed by atoms with van der Waals surface area (Å²) in [6.07, 6.45) is 1.14. The zero-order valence-electron chi connectivity index (χ0n) is 16.2. The van der Waals surface area contributed by atoms with Crippen molar-refractivity contribution < 1.29 is 4.79 Å². The molecule has 1 amide bonds. The summed E-state index contributed by atoms with van der Waals surface area (Å²) in [4.78, 5) is 28.3.